The zero-order chi connectivity index (χ0) is 12.4. The van der Waals surface area contributed by atoms with E-state index in [0.717, 1.165) is 6.42 Å². The summed E-state index contributed by atoms with van der Waals surface area (Å²) in [6.45, 7) is 6.48. The van der Waals surface area contributed by atoms with E-state index in [1.165, 1.54) is 23.1 Å². The second-order valence-corrected chi connectivity index (χ2v) is 5.17. The largest absolute Gasteiger partial charge is 0.373 e. The molecule has 1 saturated heterocycles. The van der Waals surface area contributed by atoms with Crippen LogP contribution in [0.25, 0.3) is 0 Å². The van der Waals surface area contributed by atoms with Gasteiger partial charge in [0.25, 0.3) is 0 Å². The summed E-state index contributed by atoms with van der Waals surface area (Å²) in [7, 11) is 2.02. The van der Waals surface area contributed by atoms with Crippen molar-refractivity contribution in [2.75, 3.05) is 7.05 Å². The van der Waals surface area contributed by atoms with Crippen molar-refractivity contribution >= 4 is 0 Å². The summed E-state index contributed by atoms with van der Waals surface area (Å²) < 4.78 is 5.98. The Balaban J connectivity index is 2.20. The Hall–Kier alpha value is -0.860. The zero-order valence-corrected chi connectivity index (χ0v) is 11.3. The van der Waals surface area contributed by atoms with Crippen LogP contribution in [0.2, 0.25) is 0 Å². The zero-order valence-electron chi connectivity index (χ0n) is 11.3. The lowest BCUT2D eigenvalue weighted by molar-refractivity contribution is 0.0333. The van der Waals surface area contributed by atoms with Crippen LogP contribution in [0.4, 0.5) is 0 Å². The van der Waals surface area contributed by atoms with Crippen molar-refractivity contribution in [2.45, 2.75) is 51.9 Å². The molecule has 0 bridgehead atoms. The van der Waals surface area contributed by atoms with Gasteiger partial charge in [-0.2, -0.15) is 0 Å². The van der Waals surface area contributed by atoms with Crippen molar-refractivity contribution in [3.05, 3.63) is 34.9 Å². The molecular weight excluding hydrogens is 210 g/mol. The van der Waals surface area contributed by atoms with Gasteiger partial charge in [0.2, 0.25) is 0 Å². The molecular formula is C15H23NO. The highest BCUT2D eigenvalue weighted by molar-refractivity contribution is 5.32. The third-order valence-electron chi connectivity index (χ3n) is 3.84. The van der Waals surface area contributed by atoms with Crippen molar-refractivity contribution < 1.29 is 4.74 Å². The quantitative estimate of drug-likeness (QED) is 0.866. The summed E-state index contributed by atoms with van der Waals surface area (Å²) in [6.07, 6.45) is 3.05. The first-order valence-corrected chi connectivity index (χ1v) is 6.51. The Labute approximate surface area is 104 Å². The molecule has 3 atom stereocenters. The summed E-state index contributed by atoms with van der Waals surface area (Å²) in [5.41, 5.74) is 4.05. The summed E-state index contributed by atoms with van der Waals surface area (Å²) in [5, 5.41) is 3.40. The lowest BCUT2D eigenvalue weighted by atomic mass is 9.96. The number of benzene rings is 1. The molecule has 1 heterocycles. The first kappa shape index (κ1) is 12.6. The number of aryl methyl sites for hydroxylation is 2. The van der Waals surface area contributed by atoms with Crippen LogP contribution in [-0.2, 0) is 4.74 Å². The van der Waals surface area contributed by atoms with E-state index in [9.17, 15) is 0 Å². The Morgan fingerprint density at radius 1 is 1.24 bits per heavy atom. The molecule has 1 aliphatic rings. The minimum absolute atomic E-state index is 0.317. The molecule has 17 heavy (non-hydrogen) atoms. The molecule has 94 valence electrons. The van der Waals surface area contributed by atoms with Crippen LogP contribution in [0, 0.1) is 13.8 Å². The highest BCUT2D eigenvalue weighted by Gasteiger charge is 2.29. The Morgan fingerprint density at radius 3 is 2.53 bits per heavy atom. The van der Waals surface area contributed by atoms with E-state index in [1.54, 1.807) is 0 Å². The number of likely N-dealkylation sites (N-methyl/N-ethyl adjacent to an activating group) is 1. The van der Waals surface area contributed by atoms with Crippen molar-refractivity contribution in [3.8, 4) is 0 Å². The van der Waals surface area contributed by atoms with E-state index < -0.39 is 0 Å². The van der Waals surface area contributed by atoms with Gasteiger partial charge in [0, 0.05) is 0 Å². The third-order valence-corrected chi connectivity index (χ3v) is 3.84. The molecule has 0 radical (unpaired) electrons. The molecule has 1 N–H and O–H groups in total. The van der Waals surface area contributed by atoms with E-state index in [-0.39, 0.29) is 0 Å². The maximum Gasteiger partial charge on any atom is 0.0774 e. The second-order valence-electron chi connectivity index (χ2n) is 5.17. The van der Waals surface area contributed by atoms with Gasteiger partial charge in [0.15, 0.2) is 0 Å². The van der Waals surface area contributed by atoms with Gasteiger partial charge in [-0.05, 0) is 57.4 Å². The van der Waals surface area contributed by atoms with Crippen molar-refractivity contribution in [3.63, 3.8) is 0 Å². The third kappa shape index (κ3) is 2.70. The van der Waals surface area contributed by atoms with Gasteiger partial charge in [-0.25, -0.2) is 0 Å². The predicted octanol–water partition coefficient (Wildman–Crippen LogP) is 3.13. The van der Waals surface area contributed by atoms with Crippen LogP contribution in [0.15, 0.2) is 18.2 Å². The lowest BCUT2D eigenvalue weighted by Crippen LogP contribution is -2.29. The van der Waals surface area contributed by atoms with Crippen LogP contribution in [0.5, 0.6) is 0 Å². The van der Waals surface area contributed by atoms with Crippen LogP contribution < -0.4 is 5.32 Å². The standard InChI is InChI=1S/C15H23NO/c1-10-5-7-13(9-11(10)2)15(16-4)14-8-6-12(3)17-14/h5,7,9,12,14-16H,6,8H2,1-4H3. The first-order valence-electron chi connectivity index (χ1n) is 6.51. The minimum Gasteiger partial charge on any atom is -0.373 e. The molecule has 1 aliphatic heterocycles. The minimum atomic E-state index is 0.317. The fourth-order valence-corrected chi connectivity index (χ4v) is 2.60. The van der Waals surface area contributed by atoms with Crippen molar-refractivity contribution in [1.82, 2.24) is 5.32 Å². The number of hydrogen-bond acceptors (Lipinski definition) is 2. The molecule has 0 amide bonds. The molecule has 2 nitrogen and oxygen atoms in total. The van der Waals surface area contributed by atoms with Gasteiger partial charge in [0.1, 0.15) is 0 Å². The molecule has 1 aromatic carbocycles. The number of ether oxygens (including phenoxy) is 1. The molecule has 2 heteroatoms. The molecule has 0 spiro atoms. The van der Waals surface area contributed by atoms with Crippen molar-refractivity contribution in [1.29, 1.82) is 0 Å². The Bertz CT molecular complexity index is 389. The van der Waals surface area contributed by atoms with E-state index in [2.05, 4.69) is 44.3 Å². The number of rotatable bonds is 3. The van der Waals surface area contributed by atoms with Crippen molar-refractivity contribution in [2.24, 2.45) is 0 Å². The Kier molecular flexibility index (Phi) is 3.85. The molecule has 1 fully saturated rings. The van der Waals surface area contributed by atoms with Gasteiger partial charge in [-0.15, -0.1) is 0 Å². The topological polar surface area (TPSA) is 21.3 Å². The number of hydrogen-bond donors (Lipinski definition) is 1. The summed E-state index contributed by atoms with van der Waals surface area (Å²) in [4.78, 5) is 0. The van der Waals surface area contributed by atoms with Gasteiger partial charge in [-0.1, -0.05) is 18.2 Å². The fourth-order valence-electron chi connectivity index (χ4n) is 2.60. The predicted molar refractivity (Wildman–Crippen MR) is 71.3 cm³/mol. The monoisotopic (exact) mass is 233 g/mol. The second kappa shape index (κ2) is 5.19. The summed E-state index contributed by atoms with van der Waals surface area (Å²) in [5.74, 6) is 0. The SMILES string of the molecule is CNC(c1ccc(C)c(C)c1)C1CCC(C)O1. The van der Waals surface area contributed by atoms with Crippen LogP contribution in [-0.4, -0.2) is 19.3 Å². The van der Waals surface area contributed by atoms with Crippen LogP contribution in [0.1, 0.15) is 42.5 Å². The molecule has 1 aromatic rings. The first-order chi connectivity index (χ1) is 8.11. The van der Waals surface area contributed by atoms with E-state index in [0.29, 0.717) is 18.2 Å². The van der Waals surface area contributed by atoms with Gasteiger partial charge < -0.3 is 10.1 Å². The summed E-state index contributed by atoms with van der Waals surface area (Å²) in [6, 6.07) is 7.02. The highest BCUT2D eigenvalue weighted by atomic mass is 16.5. The average molecular weight is 233 g/mol. The Morgan fingerprint density at radius 2 is 2.00 bits per heavy atom. The van der Waals surface area contributed by atoms with Gasteiger partial charge >= 0.3 is 0 Å². The van der Waals surface area contributed by atoms with Crippen LogP contribution >= 0.6 is 0 Å². The smallest absolute Gasteiger partial charge is 0.0774 e. The molecule has 0 saturated carbocycles. The maximum absolute atomic E-state index is 5.98. The van der Waals surface area contributed by atoms with Crippen LogP contribution in [0.3, 0.4) is 0 Å². The maximum atomic E-state index is 5.98. The average Bonchev–Trinajstić information content (AvgIpc) is 2.71. The normalized spacial score (nSPS) is 26.1. The van der Waals surface area contributed by atoms with E-state index >= 15 is 0 Å². The van der Waals surface area contributed by atoms with E-state index in [1.807, 2.05) is 7.05 Å². The number of nitrogens with one attached hydrogen (secondary N) is 1. The van der Waals surface area contributed by atoms with Gasteiger partial charge in [-0.3, -0.25) is 0 Å². The molecule has 0 aliphatic carbocycles. The highest BCUT2D eigenvalue weighted by Crippen LogP contribution is 2.30. The van der Waals surface area contributed by atoms with Gasteiger partial charge in [0.05, 0.1) is 18.2 Å². The van der Waals surface area contributed by atoms with E-state index in [4.69, 9.17) is 4.74 Å². The molecule has 2 rings (SSSR count). The fraction of sp³-hybridized carbons (Fsp3) is 0.600. The lowest BCUT2D eigenvalue weighted by Gasteiger charge is -2.24. The molecule has 3 unspecified atom stereocenters. The summed E-state index contributed by atoms with van der Waals surface area (Å²) >= 11 is 0. The molecule has 0 aromatic heterocycles.